The van der Waals surface area contributed by atoms with Crippen molar-refractivity contribution in [1.29, 1.82) is 0 Å². The molecular weight excluding hydrogens is 102 g/mol. The predicted octanol–water partition coefficient (Wildman–Crippen LogP) is -2.64. The van der Waals surface area contributed by atoms with Gasteiger partial charge in [0, 0.05) is 0 Å². The molecule has 36 valence electrons. The Morgan fingerprint density at radius 1 is 2.00 bits per heavy atom. The van der Waals surface area contributed by atoms with E-state index in [1.165, 1.54) is 0 Å². The van der Waals surface area contributed by atoms with Crippen LogP contribution in [0.25, 0.3) is 0 Å². The van der Waals surface area contributed by atoms with Crippen molar-refractivity contribution in [2.75, 3.05) is 0 Å². The fraction of sp³-hybridized carbons (Fsp3) is 0.667. The molecule has 0 aliphatic rings. The molecule has 0 fully saturated rings. The van der Waals surface area contributed by atoms with E-state index in [2.05, 4.69) is 12.7 Å². The standard InChI is InChI=1S/C3H5BO2.Na.3H/c1-2-3(5)6-4;;;;/h2H2,1H3;;;;/q+2;+1;3*-1. The molecule has 0 atom stereocenters. The van der Waals surface area contributed by atoms with Gasteiger partial charge in [0.15, 0.2) is 0 Å². The van der Waals surface area contributed by atoms with Crippen LogP contribution >= 0.6 is 0 Å². The first-order valence-electron chi connectivity index (χ1n) is 1.70. The van der Waals surface area contributed by atoms with Crippen LogP contribution in [-0.2, 0) is 9.45 Å². The molecular formula is C3H8BNaO2. The number of carbonyl (C=O) groups is 1. The summed E-state index contributed by atoms with van der Waals surface area (Å²) in [5.41, 5.74) is 0. The maximum absolute atomic E-state index is 9.83. The van der Waals surface area contributed by atoms with E-state index in [0.29, 0.717) is 6.42 Å². The predicted molar refractivity (Wildman–Crippen MR) is 25.5 cm³/mol. The Hall–Kier alpha value is 0.535. The van der Waals surface area contributed by atoms with Gasteiger partial charge in [0.1, 0.15) is 0 Å². The molecule has 0 aromatic heterocycles. The zero-order valence-electron chi connectivity index (χ0n) is 7.60. The molecule has 4 heteroatoms. The van der Waals surface area contributed by atoms with Crippen molar-refractivity contribution in [2.24, 2.45) is 0 Å². The van der Waals surface area contributed by atoms with Gasteiger partial charge in [-0.3, -0.25) is 0 Å². The van der Waals surface area contributed by atoms with Crippen molar-refractivity contribution in [2.45, 2.75) is 13.3 Å². The first-order chi connectivity index (χ1) is 2.81. The first-order valence-corrected chi connectivity index (χ1v) is 1.70. The number of hydrogen-bond donors (Lipinski definition) is 0. The molecule has 0 rings (SSSR count). The van der Waals surface area contributed by atoms with Gasteiger partial charge in [-0.25, -0.2) is 0 Å². The molecule has 0 N–H and O–H groups in total. The van der Waals surface area contributed by atoms with E-state index in [1.54, 1.807) is 6.92 Å². The van der Waals surface area contributed by atoms with Crippen LogP contribution in [0, 0.1) is 0 Å². The molecule has 0 unspecified atom stereocenters. The average Bonchev–Trinajstić information content (AvgIpc) is 1.65. The van der Waals surface area contributed by atoms with E-state index in [9.17, 15) is 4.79 Å². The molecule has 0 amide bonds. The molecule has 0 saturated carbocycles. The van der Waals surface area contributed by atoms with E-state index < -0.39 is 0 Å². The van der Waals surface area contributed by atoms with E-state index >= 15 is 0 Å². The number of hydrogen-bond acceptors (Lipinski definition) is 2. The monoisotopic (exact) mass is 110 g/mol. The maximum Gasteiger partial charge on any atom is 1.00 e. The Bertz CT molecular complexity index is 59.7. The van der Waals surface area contributed by atoms with E-state index in [-0.39, 0.29) is 39.8 Å². The van der Waals surface area contributed by atoms with Crippen LogP contribution < -0.4 is 29.6 Å². The van der Waals surface area contributed by atoms with Crippen LogP contribution in [0.2, 0.25) is 0 Å². The zero-order chi connectivity index (χ0) is 4.99. The second-order valence-corrected chi connectivity index (χ2v) is 0.843. The van der Waals surface area contributed by atoms with Gasteiger partial charge in [0.2, 0.25) is 0 Å². The molecule has 0 aromatic rings. The Labute approximate surface area is 70.8 Å². The average molecular weight is 110 g/mol. The minimum Gasteiger partial charge on any atom is -1.00 e. The summed E-state index contributed by atoms with van der Waals surface area (Å²) in [6, 6.07) is 0. The molecule has 2 nitrogen and oxygen atoms in total. The summed E-state index contributed by atoms with van der Waals surface area (Å²) >= 11 is 0. The molecule has 0 radical (unpaired) electrons. The third kappa shape index (κ3) is 6.53. The SMILES string of the molecule is [B+2]OC(=O)CC.[H-].[H-].[H-].[Na+]. The summed E-state index contributed by atoms with van der Waals surface area (Å²) in [5.74, 6) is -0.380. The fourth-order valence-electron chi connectivity index (χ4n) is 0.0833. The van der Waals surface area contributed by atoms with Crippen molar-refractivity contribution >= 4 is 14.0 Å². The zero-order valence-corrected chi connectivity index (χ0v) is 6.60. The summed E-state index contributed by atoms with van der Waals surface area (Å²) in [5, 5.41) is 0. The van der Waals surface area contributed by atoms with Crippen LogP contribution in [0.4, 0.5) is 0 Å². The van der Waals surface area contributed by atoms with Crippen molar-refractivity contribution in [3.63, 3.8) is 0 Å². The molecule has 0 aliphatic carbocycles. The Morgan fingerprint density at radius 3 is 2.43 bits per heavy atom. The Morgan fingerprint density at radius 2 is 2.43 bits per heavy atom. The molecule has 0 heterocycles. The van der Waals surface area contributed by atoms with Crippen LogP contribution in [0.5, 0.6) is 0 Å². The van der Waals surface area contributed by atoms with Gasteiger partial charge >= 0.3 is 66.4 Å². The topological polar surface area (TPSA) is 26.3 Å². The van der Waals surface area contributed by atoms with Crippen molar-refractivity contribution in [3.05, 3.63) is 0 Å². The minimum atomic E-state index is -0.380. The third-order valence-corrected chi connectivity index (χ3v) is 0.420. The Balaban J connectivity index is -0.0000000208. The van der Waals surface area contributed by atoms with Crippen LogP contribution in [0.1, 0.15) is 17.6 Å². The largest absolute Gasteiger partial charge is 1.00 e. The van der Waals surface area contributed by atoms with Gasteiger partial charge in [-0.15, -0.1) is 0 Å². The fourth-order valence-corrected chi connectivity index (χ4v) is 0.0833. The summed E-state index contributed by atoms with van der Waals surface area (Å²) in [4.78, 5) is 9.83. The maximum atomic E-state index is 9.83. The van der Waals surface area contributed by atoms with Crippen LogP contribution in [-0.4, -0.2) is 14.0 Å². The van der Waals surface area contributed by atoms with Gasteiger partial charge in [-0.2, -0.15) is 0 Å². The summed E-state index contributed by atoms with van der Waals surface area (Å²) in [6.45, 7) is 1.68. The van der Waals surface area contributed by atoms with Gasteiger partial charge in [-0.05, 0) is 0 Å². The van der Waals surface area contributed by atoms with E-state index in [0.717, 1.165) is 0 Å². The van der Waals surface area contributed by atoms with Gasteiger partial charge < -0.3 is 4.28 Å². The van der Waals surface area contributed by atoms with Gasteiger partial charge in [-0.1, -0.05) is 0 Å². The van der Waals surface area contributed by atoms with Crippen molar-refractivity contribution in [3.8, 4) is 0 Å². The Kier molecular flexibility index (Phi) is 9.81. The van der Waals surface area contributed by atoms with E-state index in [4.69, 9.17) is 0 Å². The molecule has 0 saturated heterocycles. The minimum absolute atomic E-state index is 0. The smallest absolute Gasteiger partial charge is 1.00 e. The molecule has 0 aromatic carbocycles. The van der Waals surface area contributed by atoms with E-state index in [1.807, 2.05) is 0 Å². The number of rotatable bonds is 1. The van der Waals surface area contributed by atoms with Crippen LogP contribution in [0.15, 0.2) is 0 Å². The number of carbonyl (C=O) groups excluding carboxylic acids is 1. The van der Waals surface area contributed by atoms with Gasteiger partial charge in [0.05, 0.1) is 0 Å². The van der Waals surface area contributed by atoms with Crippen molar-refractivity contribution < 1.29 is 43.3 Å². The molecule has 0 bridgehead atoms. The second kappa shape index (κ2) is 6.53. The summed E-state index contributed by atoms with van der Waals surface area (Å²) in [7, 11) is 4.43. The first kappa shape index (κ1) is 10.5. The quantitative estimate of drug-likeness (QED) is 0.345. The van der Waals surface area contributed by atoms with Crippen molar-refractivity contribution in [1.82, 2.24) is 0 Å². The second-order valence-electron chi connectivity index (χ2n) is 0.843. The summed E-state index contributed by atoms with van der Waals surface area (Å²) < 4.78 is 3.76. The third-order valence-electron chi connectivity index (χ3n) is 0.420. The molecule has 0 aliphatic heterocycles. The molecule has 7 heavy (non-hydrogen) atoms. The normalized spacial score (nSPS) is 6.71. The molecule has 0 spiro atoms. The van der Waals surface area contributed by atoms with Gasteiger partial charge in [0.25, 0.3) is 0 Å². The summed E-state index contributed by atoms with van der Waals surface area (Å²) in [6.07, 6.45) is 0.344. The van der Waals surface area contributed by atoms with Crippen LogP contribution in [0.3, 0.4) is 0 Å².